The van der Waals surface area contributed by atoms with E-state index in [1.165, 1.54) is 0 Å². The van der Waals surface area contributed by atoms with Crippen LogP contribution in [0.2, 0.25) is 0 Å². The van der Waals surface area contributed by atoms with Gasteiger partial charge in [0.25, 0.3) is 0 Å². The molecule has 0 radical (unpaired) electrons. The first-order valence-corrected chi connectivity index (χ1v) is 6.17. The molecule has 0 aromatic carbocycles. The van der Waals surface area contributed by atoms with Crippen LogP contribution in [0.4, 0.5) is 0 Å². The number of phosphoric acid groups is 2. The van der Waals surface area contributed by atoms with E-state index in [4.69, 9.17) is 19.6 Å². The summed E-state index contributed by atoms with van der Waals surface area (Å²) in [7, 11) is -8.99. The van der Waals surface area contributed by atoms with Gasteiger partial charge in [0.2, 0.25) is 0 Å². The summed E-state index contributed by atoms with van der Waals surface area (Å²) in [5.41, 5.74) is 0. The van der Waals surface area contributed by atoms with Crippen molar-refractivity contribution in [1.82, 2.24) is 0 Å². The second kappa shape index (κ2) is 12.5. The third-order valence-corrected chi connectivity index (χ3v) is 1.85. The molecule has 0 aliphatic carbocycles. The minimum atomic E-state index is -4.50. The van der Waals surface area contributed by atoms with Gasteiger partial charge in [-0.1, -0.05) is 0 Å². The monoisotopic (exact) mass is 320 g/mol. The van der Waals surface area contributed by atoms with Gasteiger partial charge in [0.1, 0.15) is 0 Å². The molecule has 0 bridgehead atoms. The van der Waals surface area contributed by atoms with E-state index in [9.17, 15) is 9.13 Å². The molecule has 0 spiro atoms. The van der Waals surface area contributed by atoms with Crippen molar-refractivity contribution >= 4 is 87.2 Å². The molecule has 0 heterocycles. The van der Waals surface area contributed by atoms with Crippen LogP contribution in [-0.2, 0) is 18.2 Å². The maximum absolute atomic E-state index is 10.1. The van der Waals surface area contributed by atoms with E-state index in [2.05, 4.69) is 9.05 Å². The number of hydrogen-bond acceptors (Lipinski definition) is 4. The second-order valence-electron chi connectivity index (χ2n) is 2.00. The maximum atomic E-state index is 10.1. The van der Waals surface area contributed by atoms with E-state index in [-0.39, 0.29) is 91.2 Å². The second-order valence-corrected chi connectivity index (χ2v) is 4.48. The molecule has 0 rings (SSSR count). The van der Waals surface area contributed by atoms with Crippen LogP contribution < -0.4 is 0 Å². The van der Waals surface area contributed by atoms with Crippen molar-refractivity contribution in [2.75, 3.05) is 13.2 Å². The van der Waals surface area contributed by atoms with Gasteiger partial charge in [0, 0.05) is 0 Å². The molecule has 0 aliphatic heterocycles. The molecule has 0 fully saturated rings. The van der Waals surface area contributed by atoms with Crippen molar-refractivity contribution < 1.29 is 37.8 Å². The van der Waals surface area contributed by atoms with Crippen LogP contribution in [-0.4, -0.2) is 91.9 Å². The topological polar surface area (TPSA) is 134 Å². The summed E-state index contributed by atoms with van der Waals surface area (Å²) in [5, 5.41) is 0. The molecule has 4 N–H and O–H groups in total. The van der Waals surface area contributed by atoms with E-state index in [0.717, 1.165) is 0 Å². The third kappa shape index (κ3) is 25.4. The Morgan fingerprint density at radius 2 is 1.06 bits per heavy atom. The predicted octanol–water partition coefficient (Wildman–Crippen LogP) is -1.28. The van der Waals surface area contributed by atoms with Gasteiger partial charge in [0.05, 0.1) is 13.2 Å². The molecular weight excluding hydrogens is 307 g/mol. The van der Waals surface area contributed by atoms with E-state index >= 15 is 0 Å². The van der Waals surface area contributed by atoms with Crippen LogP contribution in [0.5, 0.6) is 0 Å². The Morgan fingerprint density at radius 3 is 1.25 bits per heavy atom. The van der Waals surface area contributed by atoms with Crippen molar-refractivity contribution in [2.24, 2.45) is 0 Å². The third-order valence-electron chi connectivity index (χ3n) is 0.808. The summed E-state index contributed by atoms with van der Waals surface area (Å²) < 4.78 is 28.1. The van der Waals surface area contributed by atoms with Crippen molar-refractivity contribution in [3.8, 4) is 0 Å². The summed E-state index contributed by atoms with van der Waals surface area (Å²) in [6.07, 6.45) is -0.0176. The van der Waals surface area contributed by atoms with E-state index in [0.29, 0.717) is 0 Å². The van der Waals surface area contributed by atoms with Gasteiger partial charge in [-0.3, -0.25) is 9.05 Å². The van der Waals surface area contributed by atoms with Crippen LogP contribution in [0.3, 0.4) is 0 Å². The van der Waals surface area contributed by atoms with Crippen LogP contribution in [0, 0.1) is 0 Å². The van der Waals surface area contributed by atoms with Crippen LogP contribution in [0.25, 0.3) is 0 Å². The zero-order valence-electron chi connectivity index (χ0n) is 6.85. The molecule has 0 unspecified atom stereocenters. The van der Waals surface area contributed by atoms with Gasteiger partial charge >= 0.3 is 74.8 Å². The van der Waals surface area contributed by atoms with Crippen LogP contribution in [0.15, 0.2) is 0 Å². The number of halogens is 1. The van der Waals surface area contributed by atoms with Gasteiger partial charge in [-0.05, 0) is 6.42 Å². The molecule has 0 saturated carbocycles. The van der Waals surface area contributed by atoms with Gasteiger partial charge < -0.3 is 19.6 Å². The standard InChI is InChI=1S/C3H10O8P2.ClH.2Na.2H/c4-12(5,6)10-2-1-3-11-13(7,8)9;;;;;/h1-3H2,(H2,4,5,6)(H2,7,8,9);1H;;;;. The zero-order valence-corrected chi connectivity index (χ0v) is 9.45. The fraction of sp³-hybridized carbons (Fsp3) is 1.00. The van der Waals surface area contributed by atoms with E-state index < -0.39 is 15.6 Å². The number of rotatable bonds is 6. The van der Waals surface area contributed by atoms with E-state index in [1.54, 1.807) is 0 Å². The number of phosphoric ester groups is 2. The summed E-state index contributed by atoms with van der Waals surface area (Å²) in [5.74, 6) is 0. The molecule has 0 aromatic rings. The molecular formula is C3H13ClNa2O8P2. The van der Waals surface area contributed by atoms with Gasteiger partial charge in [-0.2, -0.15) is 0 Å². The summed E-state index contributed by atoms with van der Waals surface area (Å²) >= 11 is 0. The first-order valence-electron chi connectivity index (χ1n) is 3.11. The molecule has 0 atom stereocenters. The quantitative estimate of drug-likeness (QED) is 0.270. The minimum absolute atomic E-state index is 0. The van der Waals surface area contributed by atoms with E-state index in [1.807, 2.05) is 0 Å². The van der Waals surface area contributed by atoms with Crippen molar-refractivity contribution in [2.45, 2.75) is 6.42 Å². The van der Waals surface area contributed by atoms with Crippen molar-refractivity contribution in [1.29, 1.82) is 0 Å². The summed E-state index contributed by atoms with van der Waals surface area (Å²) in [6, 6.07) is 0. The molecule has 0 aromatic heterocycles. The van der Waals surface area contributed by atoms with Crippen LogP contribution >= 0.6 is 28.1 Å². The Morgan fingerprint density at radius 1 is 0.812 bits per heavy atom. The Balaban J connectivity index is -0.000000240. The average molecular weight is 321 g/mol. The molecule has 92 valence electrons. The van der Waals surface area contributed by atoms with Crippen LogP contribution in [0.1, 0.15) is 6.42 Å². The number of hydrogen-bond donors (Lipinski definition) is 4. The molecule has 0 saturated heterocycles. The Kier molecular flexibility index (Phi) is 21.1. The summed E-state index contributed by atoms with van der Waals surface area (Å²) in [4.78, 5) is 32.7. The normalized spacial score (nSPS) is 10.8. The first-order chi connectivity index (χ1) is 5.71. The SMILES string of the molecule is Cl.O=P(O)(O)OCCCOP(=O)(O)O.[NaH].[NaH]. The summed E-state index contributed by atoms with van der Waals surface area (Å²) in [6.45, 7) is -0.658. The average Bonchev–Trinajstić information content (AvgIpc) is 1.81. The first kappa shape index (κ1) is 27.0. The molecule has 0 amide bonds. The Bertz CT molecular complexity index is 215. The molecule has 13 heteroatoms. The predicted molar refractivity (Wildman–Crippen MR) is 62.2 cm³/mol. The van der Waals surface area contributed by atoms with Gasteiger partial charge in [-0.15, -0.1) is 12.4 Å². The fourth-order valence-electron chi connectivity index (χ4n) is 0.426. The molecule has 8 nitrogen and oxygen atoms in total. The van der Waals surface area contributed by atoms with Gasteiger partial charge in [0.15, 0.2) is 0 Å². The van der Waals surface area contributed by atoms with Gasteiger partial charge in [-0.25, -0.2) is 9.13 Å². The van der Waals surface area contributed by atoms with Crippen molar-refractivity contribution in [3.05, 3.63) is 0 Å². The zero-order chi connectivity index (χ0) is 10.5. The van der Waals surface area contributed by atoms with Crippen molar-refractivity contribution in [3.63, 3.8) is 0 Å². The molecule has 0 aliphatic rings. The molecule has 16 heavy (non-hydrogen) atoms. The fourth-order valence-corrected chi connectivity index (χ4v) is 1.16. The Labute approximate surface area is 143 Å². The Hall–Kier alpha value is 2.51.